The first kappa shape index (κ1) is 18.1. The van der Waals surface area contributed by atoms with Crippen molar-refractivity contribution in [3.8, 4) is 16.9 Å². The van der Waals surface area contributed by atoms with Crippen LogP contribution in [0.2, 0.25) is 0 Å². The van der Waals surface area contributed by atoms with Crippen LogP contribution < -0.4 is 11.5 Å². The highest BCUT2D eigenvalue weighted by Crippen LogP contribution is 2.39. The van der Waals surface area contributed by atoms with Crippen molar-refractivity contribution in [2.45, 2.75) is 18.9 Å². The van der Waals surface area contributed by atoms with Gasteiger partial charge in [-0.25, -0.2) is 14.4 Å². The molecule has 150 valence electrons. The molecule has 30 heavy (non-hydrogen) atoms. The number of aromatic hydroxyl groups is 1. The number of rotatable bonds is 3. The van der Waals surface area contributed by atoms with Crippen molar-refractivity contribution in [1.29, 1.82) is 0 Å². The summed E-state index contributed by atoms with van der Waals surface area (Å²) in [6.45, 7) is 0. The first-order valence-electron chi connectivity index (χ1n) is 9.44. The molecule has 2 aromatic heterocycles. The minimum atomic E-state index is -1.05. The van der Waals surface area contributed by atoms with E-state index in [0.717, 1.165) is 12.8 Å². The number of nitrogens with zero attached hydrogens (tertiary/aromatic N) is 3. The summed E-state index contributed by atoms with van der Waals surface area (Å²) in [6, 6.07) is 11.0. The van der Waals surface area contributed by atoms with E-state index in [2.05, 4.69) is 22.1 Å². The van der Waals surface area contributed by atoms with E-state index in [9.17, 15) is 14.3 Å². The minimum absolute atomic E-state index is 0.123. The van der Waals surface area contributed by atoms with Gasteiger partial charge in [-0.15, -0.1) is 0 Å². The zero-order chi connectivity index (χ0) is 21.0. The maximum absolute atomic E-state index is 14.1. The third kappa shape index (κ3) is 2.68. The van der Waals surface area contributed by atoms with Crippen LogP contribution in [-0.4, -0.2) is 25.5 Å². The Morgan fingerprint density at radius 1 is 1.17 bits per heavy atom. The Morgan fingerprint density at radius 3 is 2.53 bits per heavy atom. The van der Waals surface area contributed by atoms with Gasteiger partial charge in [0.05, 0.1) is 10.9 Å². The van der Waals surface area contributed by atoms with Gasteiger partial charge in [-0.1, -0.05) is 24.3 Å². The Balaban J connectivity index is 1.71. The van der Waals surface area contributed by atoms with Gasteiger partial charge in [-0.3, -0.25) is 4.79 Å². The molecule has 0 bridgehead atoms. The Kier molecular flexibility index (Phi) is 3.95. The molecule has 0 radical (unpaired) electrons. The van der Waals surface area contributed by atoms with Crippen molar-refractivity contribution in [2.24, 2.45) is 5.73 Å². The number of anilines is 1. The van der Waals surface area contributed by atoms with Gasteiger partial charge >= 0.3 is 0 Å². The molecule has 0 saturated heterocycles. The molecule has 1 aliphatic carbocycles. The highest BCUT2D eigenvalue weighted by Gasteiger charge is 2.27. The molecule has 5 rings (SSSR count). The third-order valence-electron chi connectivity index (χ3n) is 5.69. The molecule has 8 heteroatoms. The zero-order valence-corrected chi connectivity index (χ0v) is 15.8. The summed E-state index contributed by atoms with van der Waals surface area (Å²) in [5.41, 5.74) is 15.3. The van der Waals surface area contributed by atoms with E-state index in [0.29, 0.717) is 22.2 Å². The molecular weight excluding hydrogens is 385 g/mol. The number of hydrogen-bond donors (Lipinski definition) is 3. The largest absolute Gasteiger partial charge is 0.505 e. The average Bonchev–Trinajstić information content (AvgIpc) is 3.32. The second-order valence-corrected chi connectivity index (χ2v) is 7.46. The lowest BCUT2D eigenvalue weighted by atomic mass is 10.0. The number of benzene rings is 2. The van der Waals surface area contributed by atoms with E-state index >= 15 is 0 Å². The Labute approximate surface area is 170 Å². The van der Waals surface area contributed by atoms with E-state index in [1.54, 1.807) is 0 Å². The maximum Gasteiger partial charge on any atom is 0.251 e. The summed E-state index contributed by atoms with van der Waals surface area (Å²) in [5.74, 6) is -2.42. The number of nitrogen functional groups attached to an aromatic ring is 1. The molecular formula is C22H18FN5O2. The van der Waals surface area contributed by atoms with Gasteiger partial charge in [0.15, 0.2) is 11.6 Å². The Morgan fingerprint density at radius 2 is 1.87 bits per heavy atom. The molecule has 2 aromatic carbocycles. The smallest absolute Gasteiger partial charge is 0.251 e. The molecule has 0 aliphatic heterocycles. The zero-order valence-electron chi connectivity index (χ0n) is 15.8. The molecule has 1 aliphatic rings. The monoisotopic (exact) mass is 403 g/mol. The number of nitrogens with two attached hydrogens (primary N) is 2. The number of primary amides is 1. The highest BCUT2D eigenvalue weighted by atomic mass is 19.1. The number of aromatic nitrogens is 3. The summed E-state index contributed by atoms with van der Waals surface area (Å²) in [4.78, 5) is 20.2. The third-order valence-corrected chi connectivity index (χ3v) is 5.69. The fraction of sp³-hybridized carbons (Fsp3) is 0.136. The van der Waals surface area contributed by atoms with Gasteiger partial charge in [0.1, 0.15) is 17.8 Å². The van der Waals surface area contributed by atoms with Crippen LogP contribution in [0.3, 0.4) is 0 Å². The van der Waals surface area contributed by atoms with E-state index < -0.39 is 23.0 Å². The summed E-state index contributed by atoms with van der Waals surface area (Å²) in [5, 5.41) is 10.6. The number of carbonyl (C=O) groups is 1. The predicted molar refractivity (Wildman–Crippen MR) is 110 cm³/mol. The SMILES string of the molecule is NC(=O)c1cc(-c2cn(C3Cc4ccccc4C3)c3ncnc(N)c23)cc(O)c1F. The molecule has 0 saturated carbocycles. The Bertz CT molecular complexity index is 1310. The van der Waals surface area contributed by atoms with Crippen LogP contribution >= 0.6 is 0 Å². The molecule has 2 heterocycles. The van der Waals surface area contributed by atoms with Crippen LogP contribution in [0.1, 0.15) is 27.5 Å². The van der Waals surface area contributed by atoms with E-state index in [-0.39, 0.29) is 11.9 Å². The fourth-order valence-corrected chi connectivity index (χ4v) is 4.28. The van der Waals surface area contributed by atoms with E-state index in [1.807, 2.05) is 22.9 Å². The summed E-state index contributed by atoms with van der Waals surface area (Å²) in [6.07, 6.45) is 4.94. The van der Waals surface area contributed by atoms with Crippen molar-refractivity contribution >= 4 is 22.8 Å². The van der Waals surface area contributed by atoms with Crippen molar-refractivity contribution in [2.75, 3.05) is 5.73 Å². The highest BCUT2D eigenvalue weighted by molar-refractivity contribution is 6.02. The Hall–Kier alpha value is -3.94. The lowest BCUT2D eigenvalue weighted by molar-refractivity contribution is 0.0995. The second-order valence-electron chi connectivity index (χ2n) is 7.46. The number of phenols is 1. The van der Waals surface area contributed by atoms with Gasteiger partial charge in [0.2, 0.25) is 0 Å². The van der Waals surface area contributed by atoms with Crippen LogP contribution in [0.25, 0.3) is 22.2 Å². The van der Waals surface area contributed by atoms with Crippen LogP contribution in [0.5, 0.6) is 5.75 Å². The standard InChI is InChI=1S/C22H18FN5O2/c23-19-15(21(25)30)7-13(8-17(19)29)16-9-28(22-18(16)20(24)26-10-27-22)14-5-11-3-1-2-4-12(11)6-14/h1-4,7-10,14,29H,5-6H2,(H2,25,30)(H2,24,26,27). The van der Waals surface area contributed by atoms with Crippen LogP contribution in [0.15, 0.2) is 48.9 Å². The molecule has 4 aromatic rings. The first-order chi connectivity index (χ1) is 14.4. The van der Waals surface area contributed by atoms with Gasteiger partial charge < -0.3 is 21.1 Å². The van der Waals surface area contributed by atoms with Crippen molar-refractivity contribution in [1.82, 2.24) is 14.5 Å². The fourth-order valence-electron chi connectivity index (χ4n) is 4.28. The van der Waals surface area contributed by atoms with Crippen LogP contribution in [0, 0.1) is 5.82 Å². The van der Waals surface area contributed by atoms with Crippen molar-refractivity contribution < 1.29 is 14.3 Å². The summed E-state index contributed by atoms with van der Waals surface area (Å²) >= 11 is 0. The maximum atomic E-state index is 14.1. The summed E-state index contributed by atoms with van der Waals surface area (Å²) in [7, 11) is 0. The number of hydrogen-bond acceptors (Lipinski definition) is 5. The predicted octanol–water partition coefficient (Wildman–Crippen LogP) is 2.96. The van der Waals surface area contributed by atoms with Crippen LogP contribution in [-0.2, 0) is 12.8 Å². The van der Waals surface area contributed by atoms with Gasteiger partial charge in [-0.2, -0.15) is 0 Å². The molecule has 0 spiro atoms. The van der Waals surface area contributed by atoms with E-state index in [1.165, 1.54) is 29.6 Å². The van der Waals surface area contributed by atoms with Crippen molar-refractivity contribution in [3.63, 3.8) is 0 Å². The molecule has 0 fully saturated rings. The van der Waals surface area contributed by atoms with Crippen LogP contribution in [0.4, 0.5) is 10.2 Å². The average molecular weight is 403 g/mol. The minimum Gasteiger partial charge on any atom is -0.505 e. The van der Waals surface area contributed by atoms with E-state index in [4.69, 9.17) is 11.5 Å². The molecule has 5 N–H and O–H groups in total. The topological polar surface area (TPSA) is 120 Å². The lowest BCUT2D eigenvalue weighted by Gasteiger charge is -2.12. The first-order valence-corrected chi connectivity index (χ1v) is 9.44. The molecule has 0 atom stereocenters. The summed E-state index contributed by atoms with van der Waals surface area (Å²) < 4.78 is 16.2. The number of halogens is 1. The van der Waals surface area contributed by atoms with Gasteiger partial charge in [0, 0.05) is 17.8 Å². The molecule has 7 nitrogen and oxygen atoms in total. The normalized spacial score (nSPS) is 13.6. The van der Waals surface area contributed by atoms with Crippen molar-refractivity contribution in [3.05, 3.63) is 71.4 Å². The molecule has 0 unspecified atom stereocenters. The van der Waals surface area contributed by atoms with Gasteiger partial charge in [0.25, 0.3) is 5.91 Å². The number of amides is 1. The lowest BCUT2D eigenvalue weighted by Crippen LogP contribution is -2.13. The molecule has 1 amide bonds. The second kappa shape index (κ2) is 6.55. The number of phenolic OH excluding ortho intramolecular Hbond substituents is 1. The quantitative estimate of drug-likeness (QED) is 0.486. The van der Waals surface area contributed by atoms with Gasteiger partial charge in [-0.05, 0) is 41.7 Å². The number of fused-ring (bicyclic) bond motifs is 2. The number of carbonyl (C=O) groups excluding carboxylic acids is 1.